The minimum absolute atomic E-state index is 0.0490. The van der Waals surface area contributed by atoms with Crippen LogP contribution in [0.15, 0.2) is 60.5 Å². The number of hydrogen-bond acceptors (Lipinski definition) is 2. The second kappa shape index (κ2) is 10.1. The fourth-order valence-corrected chi connectivity index (χ4v) is 4.16. The van der Waals surface area contributed by atoms with Crippen molar-refractivity contribution in [1.82, 2.24) is 4.90 Å². The van der Waals surface area contributed by atoms with Crippen LogP contribution in [0.25, 0.3) is 0 Å². The zero-order valence-corrected chi connectivity index (χ0v) is 18.3. The van der Waals surface area contributed by atoms with Crippen molar-refractivity contribution >= 4 is 0 Å². The third-order valence-corrected chi connectivity index (χ3v) is 5.49. The van der Waals surface area contributed by atoms with Crippen LogP contribution < -0.4 is 0 Å². The zero-order chi connectivity index (χ0) is 21.5. The molecule has 29 heavy (non-hydrogen) atoms. The highest BCUT2D eigenvalue weighted by Gasteiger charge is 2.35. The number of ether oxygens (including phenoxy) is 1. The standard InChI is InChI=1S/C25H35F2NO/c1-6-11-22-23(9-4)29-25(14-7-2,15-8-3)16-17-28(22)19-20-12-10-13-21(18-20)24(5,26)27/h6,9-13,18H,4,7-8,14-17,19H2,1-3,5H3/b11-6-. The van der Waals surface area contributed by atoms with Gasteiger partial charge in [-0.2, -0.15) is 0 Å². The summed E-state index contributed by atoms with van der Waals surface area (Å²) in [6, 6.07) is 6.72. The van der Waals surface area contributed by atoms with E-state index in [0.29, 0.717) is 6.54 Å². The maximum atomic E-state index is 13.8. The Kier molecular flexibility index (Phi) is 8.06. The lowest BCUT2D eigenvalue weighted by Gasteiger charge is -2.33. The van der Waals surface area contributed by atoms with Crippen molar-refractivity contribution in [2.45, 2.75) is 77.9 Å². The zero-order valence-electron chi connectivity index (χ0n) is 18.3. The van der Waals surface area contributed by atoms with E-state index in [9.17, 15) is 8.78 Å². The van der Waals surface area contributed by atoms with Crippen molar-refractivity contribution in [3.63, 3.8) is 0 Å². The Hall–Kier alpha value is -2.10. The predicted octanol–water partition coefficient (Wildman–Crippen LogP) is 7.33. The fraction of sp³-hybridized carbons (Fsp3) is 0.520. The highest BCUT2D eigenvalue weighted by Crippen LogP contribution is 2.37. The lowest BCUT2D eigenvalue weighted by molar-refractivity contribution is -0.0121. The van der Waals surface area contributed by atoms with Crippen LogP contribution in [-0.4, -0.2) is 17.0 Å². The number of rotatable bonds is 9. The van der Waals surface area contributed by atoms with Gasteiger partial charge in [-0.3, -0.25) is 0 Å². The summed E-state index contributed by atoms with van der Waals surface area (Å²) < 4.78 is 34.2. The van der Waals surface area contributed by atoms with E-state index in [0.717, 1.165) is 62.6 Å². The molecular weight excluding hydrogens is 368 g/mol. The van der Waals surface area contributed by atoms with Crippen molar-refractivity contribution in [3.05, 3.63) is 71.7 Å². The average Bonchev–Trinajstić information content (AvgIpc) is 2.81. The SMILES string of the molecule is C=CC1=C(/C=C\C)N(Cc2cccc(C(C)(F)F)c2)CCC(CCC)(CCC)O1. The van der Waals surface area contributed by atoms with E-state index in [-0.39, 0.29) is 11.2 Å². The van der Waals surface area contributed by atoms with Crippen molar-refractivity contribution in [2.75, 3.05) is 6.54 Å². The molecule has 160 valence electrons. The molecule has 2 nitrogen and oxygen atoms in total. The van der Waals surface area contributed by atoms with Crippen LogP contribution in [0.3, 0.4) is 0 Å². The minimum atomic E-state index is -2.84. The van der Waals surface area contributed by atoms with Crippen molar-refractivity contribution in [3.8, 4) is 0 Å². The van der Waals surface area contributed by atoms with Crippen LogP contribution in [0.2, 0.25) is 0 Å². The van der Waals surface area contributed by atoms with E-state index in [2.05, 4.69) is 25.3 Å². The summed E-state index contributed by atoms with van der Waals surface area (Å²) in [6.07, 6.45) is 10.8. The van der Waals surface area contributed by atoms with E-state index < -0.39 is 5.92 Å². The molecule has 0 bridgehead atoms. The van der Waals surface area contributed by atoms with Crippen molar-refractivity contribution in [2.24, 2.45) is 0 Å². The molecule has 4 heteroatoms. The Labute approximate surface area is 174 Å². The van der Waals surface area contributed by atoms with Crippen molar-refractivity contribution in [1.29, 1.82) is 0 Å². The molecule has 0 aromatic heterocycles. The Balaban J connectivity index is 2.41. The van der Waals surface area contributed by atoms with E-state index in [1.54, 1.807) is 18.2 Å². The molecule has 0 saturated heterocycles. The maximum Gasteiger partial charge on any atom is 0.270 e. The Morgan fingerprint density at radius 3 is 2.48 bits per heavy atom. The molecule has 0 spiro atoms. The second-order valence-electron chi connectivity index (χ2n) is 8.00. The van der Waals surface area contributed by atoms with Gasteiger partial charge < -0.3 is 9.64 Å². The number of hydrogen-bond donors (Lipinski definition) is 0. The third kappa shape index (κ3) is 5.94. The quantitative estimate of drug-likeness (QED) is 0.428. The monoisotopic (exact) mass is 403 g/mol. The molecule has 0 saturated carbocycles. The van der Waals surface area contributed by atoms with Gasteiger partial charge in [-0.1, -0.05) is 57.5 Å². The Morgan fingerprint density at radius 1 is 1.24 bits per heavy atom. The van der Waals surface area contributed by atoms with E-state index in [1.807, 2.05) is 25.1 Å². The first-order valence-corrected chi connectivity index (χ1v) is 10.7. The molecule has 2 rings (SSSR count). The van der Waals surface area contributed by atoms with Gasteiger partial charge >= 0.3 is 0 Å². The van der Waals surface area contributed by atoms with Gasteiger partial charge in [-0.25, -0.2) is 8.78 Å². The summed E-state index contributed by atoms with van der Waals surface area (Å²) in [7, 11) is 0. The first-order valence-electron chi connectivity index (χ1n) is 10.7. The molecule has 0 unspecified atom stereocenters. The summed E-state index contributed by atoms with van der Waals surface area (Å²) in [4.78, 5) is 2.23. The number of nitrogens with zero attached hydrogens (tertiary/aromatic N) is 1. The first kappa shape index (κ1) is 23.2. The molecule has 0 fully saturated rings. The molecule has 1 aromatic carbocycles. The van der Waals surface area contributed by atoms with E-state index in [1.165, 1.54) is 6.07 Å². The molecule has 0 atom stereocenters. The highest BCUT2D eigenvalue weighted by molar-refractivity contribution is 5.32. The molecule has 0 radical (unpaired) electrons. The van der Waals surface area contributed by atoms with Crippen LogP contribution in [0.1, 0.15) is 70.9 Å². The van der Waals surface area contributed by atoms with Gasteiger partial charge in [0.25, 0.3) is 5.92 Å². The summed E-state index contributed by atoms with van der Waals surface area (Å²) >= 11 is 0. The Morgan fingerprint density at radius 2 is 1.93 bits per heavy atom. The molecule has 0 N–H and O–H groups in total. The smallest absolute Gasteiger partial charge is 0.270 e. The van der Waals surface area contributed by atoms with Crippen molar-refractivity contribution < 1.29 is 13.5 Å². The number of alkyl halides is 2. The number of benzene rings is 1. The van der Waals surface area contributed by atoms with Crippen LogP contribution >= 0.6 is 0 Å². The molecule has 0 aliphatic carbocycles. The molecule has 1 aromatic rings. The molecular formula is C25H35F2NO. The second-order valence-corrected chi connectivity index (χ2v) is 8.00. The van der Waals surface area contributed by atoms with Gasteiger partial charge in [0.05, 0.1) is 5.70 Å². The van der Waals surface area contributed by atoms with Gasteiger partial charge in [-0.05, 0) is 43.5 Å². The summed E-state index contributed by atoms with van der Waals surface area (Å²) in [5.74, 6) is -2.07. The van der Waals surface area contributed by atoms with Gasteiger partial charge in [-0.15, -0.1) is 0 Å². The summed E-state index contributed by atoms with van der Waals surface area (Å²) in [5.41, 5.74) is 1.68. The van der Waals surface area contributed by atoms with Gasteiger partial charge in [0.2, 0.25) is 0 Å². The lowest BCUT2D eigenvalue weighted by atomic mass is 9.88. The van der Waals surface area contributed by atoms with E-state index in [4.69, 9.17) is 4.74 Å². The molecule has 0 amide bonds. The first-order chi connectivity index (χ1) is 13.8. The summed E-state index contributed by atoms with van der Waals surface area (Å²) in [6.45, 7) is 12.6. The van der Waals surface area contributed by atoms with Crippen LogP contribution in [0.4, 0.5) is 8.78 Å². The normalized spacial score (nSPS) is 17.4. The molecule has 1 aliphatic heterocycles. The largest absolute Gasteiger partial charge is 0.485 e. The fourth-order valence-electron chi connectivity index (χ4n) is 4.16. The Bertz CT molecular complexity index is 739. The topological polar surface area (TPSA) is 12.5 Å². The summed E-state index contributed by atoms with van der Waals surface area (Å²) in [5, 5.41) is 0. The third-order valence-electron chi connectivity index (χ3n) is 5.49. The maximum absolute atomic E-state index is 13.8. The van der Waals surface area contributed by atoms with Crippen LogP contribution in [-0.2, 0) is 17.2 Å². The van der Waals surface area contributed by atoms with Crippen LogP contribution in [0.5, 0.6) is 0 Å². The lowest BCUT2D eigenvalue weighted by Crippen LogP contribution is -2.34. The molecule has 1 aliphatic rings. The van der Waals surface area contributed by atoms with Gasteiger partial charge in [0, 0.05) is 32.0 Å². The number of allylic oxidation sites excluding steroid dienone is 3. The number of halogens is 2. The van der Waals surface area contributed by atoms with E-state index >= 15 is 0 Å². The van der Waals surface area contributed by atoms with Gasteiger partial charge in [0.15, 0.2) is 0 Å². The van der Waals surface area contributed by atoms with Gasteiger partial charge in [0.1, 0.15) is 11.4 Å². The predicted molar refractivity (Wildman–Crippen MR) is 117 cm³/mol. The molecule has 1 heterocycles. The highest BCUT2D eigenvalue weighted by atomic mass is 19.3. The average molecular weight is 404 g/mol. The van der Waals surface area contributed by atoms with Crippen LogP contribution in [0, 0.1) is 0 Å². The minimum Gasteiger partial charge on any atom is -0.485 e.